The fourth-order valence-electron chi connectivity index (χ4n) is 2.31. The fourth-order valence-corrected chi connectivity index (χ4v) is 3.60. The van der Waals surface area contributed by atoms with Gasteiger partial charge in [-0.15, -0.1) is 11.3 Å². The SMILES string of the molecule is NC1CCn2c(Cc3cccs3)nc(Br)c2C1. The number of aromatic nitrogens is 2. The number of fused-ring (bicyclic) bond motifs is 1. The summed E-state index contributed by atoms with van der Waals surface area (Å²) in [7, 11) is 0. The predicted octanol–water partition coefficient (Wildman–Crippen LogP) is 2.57. The van der Waals surface area contributed by atoms with Crippen LogP contribution in [0.4, 0.5) is 0 Å². The predicted molar refractivity (Wildman–Crippen MR) is 73.3 cm³/mol. The molecule has 0 bridgehead atoms. The second-order valence-electron chi connectivity index (χ2n) is 4.43. The monoisotopic (exact) mass is 311 g/mol. The Morgan fingerprint density at radius 1 is 1.59 bits per heavy atom. The van der Waals surface area contributed by atoms with Gasteiger partial charge in [0.1, 0.15) is 10.4 Å². The van der Waals surface area contributed by atoms with Gasteiger partial charge in [0.15, 0.2) is 0 Å². The van der Waals surface area contributed by atoms with Gasteiger partial charge in [0.25, 0.3) is 0 Å². The first-order valence-electron chi connectivity index (χ1n) is 5.76. The summed E-state index contributed by atoms with van der Waals surface area (Å²) in [5.41, 5.74) is 7.26. The standard InChI is InChI=1S/C12H14BrN3S/c13-12-10-6-8(14)3-4-16(10)11(15-12)7-9-2-1-5-17-9/h1-2,5,8H,3-4,6-7,14H2. The number of imidazole rings is 1. The summed E-state index contributed by atoms with van der Waals surface area (Å²) < 4.78 is 3.30. The van der Waals surface area contributed by atoms with Gasteiger partial charge in [0, 0.05) is 30.3 Å². The molecule has 90 valence electrons. The van der Waals surface area contributed by atoms with Gasteiger partial charge in [-0.3, -0.25) is 0 Å². The van der Waals surface area contributed by atoms with E-state index in [0.717, 1.165) is 36.2 Å². The van der Waals surface area contributed by atoms with Crippen LogP contribution in [-0.2, 0) is 19.4 Å². The van der Waals surface area contributed by atoms with Crippen molar-refractivity contribution in [3.63, 3.8) is 0 Å². The van der Waals surface area contributed by atoms with Gasteiger partial charge in [0.05, 0.1) is 5.69 Å². The highest BCUT2D eigenvalue weighted by Crippen LogP contribution is 2.26. The van der Waals surface area contributed by atoms with Crippen molar-refractivity contribution < 1.29 is 0 Å². The Hall–Kier alpha value is -0.650. The average Bonchev–Trinajstić information content (AvgIpc) is 2.89. The average molecular weight is 312 g/mol. The summed E-state index contributed by atoms with van der Waals surface area (Å²) in [6.07, 6.45) is 2.90. The van der Waals surface area contributed by atoms with Crippen LogP contribution in [-0.4, -0.2) is 15.6 Å². The molecular weight excluding hydrogens is 298 g/mol. The van der Waals surface area contributed by atoms with Gasteiger partial charge in [-0.05, 0) is 33.8 Å². The molecule has 3 nitrogen and oxygen atoms in total. The Balaban J connectivity index is 1.93. The van der Waals surface area contributed by atoms with Crippen LogP contribution in [0.1, 0.15) is 22.8 Å². The van der Waals surface area contributed by atoms with Gasteiger partial charge < -0.3 is 10.3 Å². The topological polar surface area (TPSA) is 43.8 Å². The minimum absolute atomic E-state index is 0.282. The lowest BCUT2D eigenvalue weighted by atomic mass is 10.1. The minimum Gasteiger partial charge on any atom is -0.330 e. The van der Waals surface area contributed by atoms with Crippen LogP contribution in [0.2, 0.25) is 0 Å². The zero-order chi connectivity index (χ0) is 11.8. The van der Waals surface area contributed by atoms with Crippen LogP contribution < -0.4 is 5.73 Å². The van der Waals surface area contributed by atoms with Gasteiger partial charge in [-0.2, -0.15) is 0 Å². The molecule has 3 heterocycles. The van der Waals surface area contributed by atoms with Crippen molar-refractivity contribution >= 4 is 27.3 Å². The first kappa shape index (κ1) is 11.4. The van der Waals surface area contributed by atoms with Crippen molar-refractivity contribution in [2.45, 2.75) is 31.8 Å². The second kappa shape index (κ2) is 4.55. The van der Waals surface area contributed by atoms with Crippen molar-refractivity contribution in [3.05, 3.63) is 38.5 Å². The van der Waals surface area contributed by atoms with Crippen LogP contribution in [0.15, 0.2) is 22.1 Å². The summed E-state index contributed by atoms with van der Waals surface area (Å²) in [6.45, 7) is 0.996. The number of nitrogens with zero attached hydrogens (tertiary/aromatic N) is 2. The van der Waals surface area contributed by atoms with E-state index in [1.54, 1.807) is 11.3 Å². The van der Waals surface area contributed by atoms with Gasteiger partial charge in [-0.25, -0.2) is 4.98 Å². The highest BCUT2D eigenvalue weighted by molar-refractivity contribution is 9.10. The summed E-state index contributed by atoms with van der Waals surface area (Å²) in [6, 6.07) is 4.53. The lowest BCUT2D eigenvalue weighted by Crippen LogP contribution is -2.31. The van der Waals surface area contributed by atoms with Crippen molar-refractivity contribution in [3.8, 4) is 0 Å². The normalized spacial score (nSPS) is 19.3. The fraction of sp³-hybridized carbons (Fsp3) is 0.417. The molecule has 0 fully saturated rings. The van der Waals surface area contributed by atoms with Gasteiger partial charge in [0.2, 0.25) is 0 Å². The van der Waals surface area contributed by atoms with E-state index in [9.17, 15) is 0 Å². The third kappa shape index (κ3) is 2.19. The molecule has 3 rings (SSSR count). The van der Waals surface area contributed by atoms with E-state index in [2.05, 4.69) is 43.0 Å². The summed E-state index contributed by atoms with van der Waals surface area (Å²) in [5.74, 6) is 1.15. The number of hydrogen-bond donors (Lipinski definition) is 1. The van der Waals surface area contributed by atoms with Gasteiger partial charge >= 0.3 is 0 Å². The number of hydrogen-bond acceptors (Lipinski definition) is 3. The Morgan fingerprint density at radius 2 is 2.47 bits per heavy atom. The molecule has 1 atom stereocenters. The highest BCUT2D eigenvalue weighted by Gasteiger charge is 2.22. The molecule has 2 aromatic rings. The quantitative estimate of drug-likeness (QED) is 0.926. The largest absolute Gasteiger partial charge is 0.330 e. The zero-order valence-corrected chi connectivity index (χ0v) is 11.8. The molecule has 1 unspecified atom stereocenters. The van der Waals surface area contributed by atoms with Crippen molar-refractivity contribution in [2.24, 2.45) is 5.73 Å². The van der Waals surface area contributed by atoms with Crippen LogP contribution in [0.3, 0.4) is 0 Å². The Labute approximate surface area is 113 Å². The second-order valence-corrected chi connectivity index (χ2v) is 6.21. The Morgan fingerprint density at radius 3 is 3.24 bits per heavy atom. The maximum atomic E-state index is 6.00. The summed E-state index contributed by atoms with van der Waals surface area (Å²) in [5, 5.41) is 2.11. The van der Waals surface area contributed by atoms with E-state index in [-0.39, 0.29) is 6.04 Å². The van der Waals surface area contributed by atoms with E-state index in [4.69, 9.17) is 5.73 Å². The first-order chi connectivity index (χ1) is 8.24. The molecule has 2 aromatic heterocycles. The number of nitrogens with two attached hydrogens (primary N) is 1. The molecule has 0 spiro atoms. The van der Waals surface area contributed by atoms with Gasteiger partial charge in [-0.1, -0.05) is 6.07 Å². The minimum atomic E-state index is 0.282. The van der Waals surface area contributed by atoms with E-state index in [1.807, 2.05) is 0 Å². The van der Waals surface area contributed by atoms with E-state index in [1.165, 1.54) is 10.6 Å². The van der Waals surface area contributed by atoms with Crippen LogP contribution in [0.5, 0.6) is 0 Å². The van der Waals surface area contributed by atoms with Crippen LogP contribution >= 0.6 is 27.3 Å². The smallest absolute Gasteiger partial charge is 0.127 e. The molecule has 0 aliphatic carbocycles. The molecule has 0 amide bonds. The maximum absolute atomic E-state index is 6.00. The molecule has 0 saturated carbocycles. The first-order valence-corrected chi connectivity index (χ1v) is 7.43. The maximum Gasteiger partial charge on any atom is 0.127 e. The van der Waals surface area contributed by atoms with Crippen molar-refractivity contribution in [2.75, 3.05) is 0 Å². The number of thiophene rings is 1. The lowest BCUT2D eigenvalue weighted by molar-refractivity contribution is 0.461. The molecule has 0 radical (unpaired) electrons. The summed E-state index contributed by atoms with van der Waals surface area (Å²) in [4.78, 5) is 5.99. The third-order valence-corrected chi connectivity index (χ3v) is 4.71. The number of halogens is 1. The zero-order valence-electron chi connectivity index (χ0n) is 9.40. The Bertz CT molecular complexity index is 518. The van der Waals surface area contributed by atoms with Crippen LogP contribution in [0.25, 0.3) is 0 Å². The number of rotatable bonds is 2. The van der Waals surface area contributed by atoms with Crippen LogP contribution in [0, 0.1) is 0 Å². The molecule has 0 saturated heterocycles. The molecule has 2 N–H and O–H groups in total. The van der Waals surface area contributed by atoms with Crippen molar-refractivity contribution in [1.29, 1.82) is 0 Å². The summed E-state index contributed by atoms with van der Waals surface area (Å²) >= 11 is 5.34. The third-order valence-electron chi connectivity index (χ3n) is 3.19. The van der Waals surface area contributed by atoms with E-state index in [0.29, 0.717) is 0 Å². The molecule has 17 heavy (non-hydrogen) atoms. The molecule has 1 aliphatic rings. The van der Waals surface area contributed by atoms with E-state index >= 15 is 0 Å². The highest BCUT2D eigenvalue weighted by atomic mass is 79.9. The lowest BCUT2D eigenvalue weighted by Gasteiger charge is -2.22. The molecule has 5 heteroatoms. The van der Waals surface area contributed by atoms with E-state index < -0.39 is 0 Å². The Kier molecular flexibility index (Phi) is 3.06. The molecule has 1 aliphatic heterocycles. The van der Waals surface area contributed by atoms with Crippen molar-refractivity contribution in [1.82, 2.24) is 9.55 Å². The molecule has 0 aromatic carbocycles. The molecular formula is C12H14BrN3S.